The Bertz CT molecular complexity index is 1440. The predicted molar refractivity (Wildman–Crippen MR) is 135 cm³/mol. The number of nitrogens with one attached hydrogen (secondary N) is 1. The fourth-order valence-corrected chi connectivity index (χ4v) is 5.77. The molecule has 3 N–H and O–H groups in total. The van der Waals surface area contributed by atoms with Crippen molar-refractivity contribution in [2.24, 2.45) is 0 Å². The van der Waals surface area contributed by atoms with Gasteiger partial charge in [0.15, 0.2) is 17.6 Å². The van der Waals surface area contributed by atoms with Gasteiger partial charge in [-0.05, 0) is 62.1 Å². The Hall–Kier alpha value is -3.43. The van der Waals surface area contributed by atoms with Crippen LogP contribution >= 0.6 is 11.3 Å². The number of ether oxygens (including phenoxy) is 2. The van der Waals surface area contributed by atoms with Crippen molar-refractivity contribution in [3.63, 3.8) is 0 Å². The third-order valence-electron chi connectivity index (χ3n) is 6.27. The number of phenols is 1. The zero-order chi connectivity index (χ0) is 26.0. The van der Waals surface area contributed by atoms with Crippen LogP contribution in [-0.4, -0.2) is 29.0 Å². The summed E-state index contributed by atoms with van der Waals surface area (Å²) in [5.41, 5.74) is 4.00. The Morgan fingerprint density at radius 1 is 1.11 bits per heavy atom. The average molecular weight is 516 g/mol. The number of halogens is 3. The van der Waals surface area contributed by atoms with Crippen LogP contribution in [0, 0.1) is 0 Å². The van der Waals surface area contributed by atoms with Crippen molar-refractivity contribution >= 4 is 34.4 Å². The van der Waals surface area contributed by atoms with Crippen LogP contribution in [0.15, 0.2) is 41.8 Å². The third-order valence-corrected chi connectivity index (χ3v) is 7.15. The highest BCUT2D eigenvalue weighted by atomic mass is 32.1. The normalized spacial score (nSPS) is 17.8. The summed E-state index contributed by atoms with van der Waals surface area (Å²) in [6.07, 6.45) is -3.81. The maximum absolute atomic E-state index is 13.3. The van der Waals surface area contributed by atoms with E-state index in [1.54, 1.807) is 6.07 Å². The molecule has 1 atom stereocenters. The first-order chi connectivity index (χ1) is 16.9. The van der Waals surface area contributed by atoms with E-state index in [0.29, 0.717) is 28.2 Å². The Balaban J connectivity index is 1.79. The summed E-state index contributed by atoms with van der Waals surface area (Å²) in [5, 5.41) is 25.4. The first kappa shape index (κ1) is 24.3. The summed E-state index contributed by atoms with van der Waals surface area (Å²) in [4.78, 5) is 0.235. The van der Waals surface area contributed by atoms with Gasteiger partial charge in [-0.3, -0.25) is 0 Å². The molecule has 188 valence electrons. The highest BCUT2D eigenvalue weighted by Crippen LogP contribution is 2.54. The molecular weight excluding hydrogens is 491 g/mol. The molecule has 1 aromatic heterocycles. The molecule has 0 aliphatic carbocycles. The van der Waals surface area contributed by atoms with Gasteiger partial charge in [0.1, 0.15) is 11.5 Å². The highest BCUT2D eigenvalue weighted by molar-refractivity contribution is 7.11. The summed E-state index contributed by atoms with van der Waals surface area (Å²) in [6.45, 7) is 6.05. The molecule has 36 heavy (non-hydrogen) atoms. The summed E-state index contributed by atoms with van der Waals surface area (Å²) in [5.74, 6) is 0.900. The second kappa shape index (κ2) is 8.31. The van der Waals surface area contributed by atoms with Gasteiger partial charge in [-0.15, -0.1) is 11.3 Å². The maximum atomic E-state index is 13.3. The minimum atomic E-state index is -4.80. The lowest BCUT2D eigenvalue weighted by Gasteiger charge is -2.35. The molecule has 5 rings (SSSR count). The maximum Gasteiger partial charge on any atom is 0.418 e. The van der Waals surface area contributed by atoms with Crippen LogP contribution in [0.3, 0.4) is 0 Å². The van der Waals surface area contributed by atoms with Crippen LogP contribution in [0.25, 0.3) is 28.5 Å². The zero-order valence-corrected chi connectivity index (χ0v) is 20.8. The Labute approximate surface area is 210 Å². The molecule has 0 radical (unpaired) electrons. The molecule has 5 nitrogen and oxygen atoms in total. The number of allylic oxidation sites excluding steroid dienone is 1. The quantitative estimate of drug-likeness (QED) is 0.344. The number of aliphatic hydroxyl groups excluding tert-OH is 1. The van der Waals surface area contributed by atoms with Crippen molar-refractivity contribution in [3.8, 4) is 28.4 Å². The van der Waals surface area contributed by atoms with Crippen LogP contribution in [0.2, 0.25) is 0 Å². The first-order valence-corrected chi connectivity index (χ1v) is 12.1. The van der Waals surface area contributed by atoms with Gasteiger partial charge in [0, 0.05) is 32.8 Å². The van der Waals surface area contributed by atoms with Gasteiger partial charge in [0.05, 0.1) is 18.2 Å². The molecule has 2 aliphatic heterocycles. The van der Waals surface area contributed by atoms with E-state index in [9.17, 15) is 23.4 Å². The molecule has 2 aliphatic rings. The van der Waals surface area contributed by atoms with Gasteiger partial charge in [-0.1, -0.05) is 12.1 Å². The van der Waals surface area contributed by atoms with Crippen LogP contribution in [-0.2, 0) is 0 Å². The third kappa shape index (κ3) is 3.92. The minimum Gasteiger partial charge on any atom is -0.504 e. The largest absolute Gasteiger partial charge is 0.504 e. The van der Waals surface area contributed by atoms with Crippen molar-refractivity contribution in [2.45, 2.75) is 38.6 Å². The first-order valence-electron chi connectivity index (χ1n) is 11.2. The number of fused-ring (bicyclic) bond motifs is 5. The predicted octanol–water partition coefficient (Wildman–Crippen LogP) is 7.22. The van der Waals surface area contributed by atoms with Crippen molar-refractivity contribution in [3.05, 3.63) is 63.4 Å². The summed E-state index contributed by atoms with van der Waals surface area (Å²) >= 11 is 1.08. The van der Waals surface area contributed by atoms with Gasteiger partial charge in [0.2, 0.25) is 0 Å². The number of benzene rings is 2. The molecule has 0 spiro atoms. The van der Waals surface area contributed by atoms with Crippen LogP contribution in [0.4, 0.5) is 18.9 Å². The lowest BCUT2D eigenvalue weighted by molar-refractivity contribution is -0.206. The second-order valence-electron chi connectivity index (χ2n) is 9.37. The lowest BCUT2D eigenvalue weighted by Crippen LogP contribution is -2.32. The Morgan fingerprint density at radius 3 is 2.56 bits per heavy atom. The highest BCUT2D eigenvalue weighted by Gasteiger charge is 2.41. The number of rotatable bonds is 3. The van der Waals surface area contributed by atoms with Crippen molar-refractivity contribution in [2.75, 3.05) is 12.4 Å². The van der Waals surface area contributed by atoms with E-state index in [4.69, 9.17) is 9.47 Å². The molecule has 0 unspecified atom stereocenters. The molecule has 3 aromatic rings. The van der Waals surface area contributed by atoms with E-state index in [1.165, 1.54) is 30.7 Å². The molecule has 2 aromatic carbocycles. The van der Waals surface area contributed by atoms with Crippen molar-refractivity contribution < 1.29 is 32.9 Å². The van der Waals surface area contributed by atoms with Gasteiger partial charge in [-0.2, -0.15) is 13.2 Å². The number of aromatic hydroxyl groups is 1. The number of hydrogen-bond acceptors (Lipinski definition) is 6. The van der Waals surface area contributed by atoms with E-state index >= 15 is 0 Å². The van der Waals surface area contributed by atoms with Crippen LogP contribution in [0.5, 0.6) is 17.2 Å². The average Bonchev–Trinajstić information content (AvgIpc) is 3.24. The standard InChI is InChI=1S/C27H24F3NO4S/c1-13-12-26(2,3)31-16-6-5-15-22(21(13)16)19(35-18-8-7-17(32)24(34-4)23(15)18)11-20-14(9-10-36-20)25(33)27(28,29)30/h5-12,25,31-33H,1-4H3/b19-11-/t25-/m1/s1. The van der Waals surface area contributed by atoms with Crippen molar-refractivity contribution in [1.82, 2.24) is 0 Å². The molecule has 9 heteroatoms. The number of hydrogen-bond donors (Lipinski definition) is 3. The minimum absolute atomic E-state index is 0.0590. The van der Waals surface area contributed by atoms with Crippen LogP contribution in [0.1, 0.15) is 48.4 Å². The monoisotopic (exact) mass is 515 g/mol. The van der Waals surface area contributed by atoms with Gasteiger partial charge >= 0.3 is 6.18 Å². The fourth-order valence-electron chi connectivity index (χ4n) is 4.92. The summed E-state index contributed by atoms with van der Waals surface area (Å²) in [7, 11) is 1.45. The number of alkyl halides is 3. The molecular formula is C27H24F3NO4S. The molecule has 0 saturated carbocycles. The smallest absolute Gasteiger partial charge is 0.418 e. The Morgan fingerprint density at radius 2 is 1.86 bits per heavy atom. The lowest BCUT2D eigenvalue weighted by atomic mass is 9.83. The van der Waals surface area contributed by atoms with E-state index in [-0.39, 0.29) is 27.5 Å². The zero-order valence-electron chi connectivity index (χ0n) is 19.9. The van der Waals surface area contributed by atoms with E-state index in [1.807, 2.05) is 32.9 Å². The molecule has 0 amide bonds. The van der Waals surface area contributed by atoms with Crippen LogP contribution < -0.4 is 14.8 Å². The number of thiophene rings is 1. The molecule has 0 saturated heterocycles. The number of methoxy groups -OCH3 is 1. The summed E-state index contributed by atoms with van der Waals surface area (Å²) in [6, 6.07) is 8.12. The number of phenolic OH excluding ortho intramolecular Hbond substituents is 1. The SMILES string of the molecule is COc1c(O)ccc2c1-c1ccc3c(c1/C(=C/c1sccc1[C@@H](O)C(F)(F)F)O2)C(C)=CC(C)(C)N3. The summed E-state index contributed by atoms with van der Waals surface area (Å²) < 4.78 is 51.8. The van der Waals surface area contributed by atoms with Gasteiger partial charge < -0.3 is 25.0 Å². The van der Waals surface area contributed by atoms with Crippen molar-refractivity contribution in [1.29, 1.82) is 0 Å². The molecule has 0 bridgehead atoms. The fraction of sp³-hybridized carbons (Fsp3) is 0.259. The second-order valence-corrected chi connectivity index (χ2v) is 10.3. The van der Waals surface area contributed by atoms with E-state index in [2.05, 4.69) is 11.4 Å². The number of anilines is 1. The van der Waals surface area contributed by atoms with E-state index < -0.39 is 12.3 Å². The van der Waals surface area contributed by atoms with E-state index in [0.717, 1.165) is 28.2 Å². The topological polar surface area (TPSA) is 71.0 Å². The molecule has 0 fully saturated rings. The Kier molecular flexibility index (Phi) is 5.61. The van der Waals surface area contributed by atoms with Gasteiger partial charge in [0.25, 0.3) is 0 Å². The molecule has 3 heterocycles. The number of aliphatic hydroxyl groups is 1. The van der Waals surface area contributed by atoms with Gasteiger partial charge in [-0.25, -0.2) is 0 Å².